The first-order chi connectivity index (χ1) is 17.8. The number of benzene rings is 2. The van der Waals surface area contributed by atoms with E-state index in [9.17, 15) is 19.7 Å². The number of rotatable bonds is 6. The van der Waals surface area contributed by atoms with Gasteiger partial charge in [-0.1, -0.05) is 12.1 Å². The molecule has 1 N–H and O–H groups in total. The highest BCUT2D eigenvalue weighted by Crippen LogP contribution is 2.25. The first-order valence-corrected chi connectivity index (χ1v) is 11.2. The van der Waals surface area contributed by atoms with Crippen molar-refractivity contribution in [3.05, 3.63) is 121 Å². The van der Waals surface area contributed by atoms with E-state index in [-0.39, 0.29) is 11.6 Å². The van der Waals surface area contributed by atoms with Crippen LogP contribution in [0.5, 0.6) is 11.6 Å². The van der Waals surface area contributed by atoms with Crippen LogP contribution in [0.3, 0.4) is 0 Å². The maximum atomic E-state index is 12.7. The average Bonchev–Trinajstić information content (AvgIpc) is 3.17. The van der Waals surface area contributed by atoms with Gasteiger partial charge in [0.1, 0.15) is 11.9 Å². The van der Waals surface area contributed by atoms with Gasteiger partial charge in [-0.15, -0.1) is 4.68 Å². The Morgan fingerprint density at radius 1 is 1.05 bits per heavy atom. The minimum absolute atomic E-state index is 0.115. The number of para-hydroxylation sites is 1. The van der Waals surface area contributed by atoms with Crippen LogP contribution in [0.25, 0.3) is 16.6 Å². The molecular weight excluding hydrogens is 476 g/mol. The summed E-state index contributed by atoms with van der Waals surface area (Å²) in [4.78, 5) is 42.0. The number of pyridine rings is 1. The van der Waals surface area contributed by atoms with Crippen molar-refractivity contribution in [2.45, 2.75) is 13.8 Å². The lowest BCUT2D eigenvalue weighted by atomic mass is 10.2. The van der Waals surface area contributed by atoms with Crippen LogP contribution < -0.4 is 16.0 Å². The molecule has 2 aromatic carbocycles. The van der Waals surface area contributed by atoms with Crippen molar-refractivity contribution in [2.24, 2.45) is 5.10 Å². The van der Waals surface area contributed by atoms with Gasteiger partial charge < -0.3 is 14.3 Å². The fourth-order valence-electron chi connectivity index (χ4n) is 4.02. The van der Waals surface area contributed by atoms with Gasteiger partial charge in [0.05, 0.1) is 22.0 Å². The van der Waals surface area contributed by atoms with Crippen LogP contribution in [0.4, 0.5) is 5.69 Å². The summed E-state index contributed by atoms with van der Waals surface area (Å²) >= 11 is 0. The normalized spacial score (nSPS) is 11.3. The highest BCUT2D eigenvalue weighted by Gasteiger charge is 2.12. The summed E-state index contributed by atoms with van der Waals surface area (Å²) in [6, 6.07) is 18.7. The summed E-state index contributed by atoms with van der Waals surface area (Å²) in [5.41, 5.74) is 2.61. The molecule has 0 unspecified atom stereocenters. The van der Waals surface area contributed by atoms with Crippen molar-refractivity contribution in [3.8, 4) is 17.3 Å². The highest BCUT2D eigenvalue weighted by atomic mass is 16.6. The number of nitrogens with zero attached hydrogens (tertiary/aromatic N) is 5. The lowest BCUT2D eigenvalue weighted by Crippen LogP contribution is -2.32. The Bertz CT molecular complexity index is 1780. The number of hydrogen-bond donors (Lipinski definition) is 1. The minimum Gasteiger partial charge on any atom is -0.439 e. The minimum atomic E-state index is -0.619. The van der Waals surface area contributed by atoms with Crippen molar-refractivity contribution in [1.82, 2.24) is 19.2 Å². The fraction of sp³-hybridized carbons (Fsp3) is 0.0769. The van der Waals surface area contributed by atoms with Gasteiger partial charge in [0.25, 0.3) is 11.2 Å². The zero-order valence-electron chi connectivity index (χ0n) is 19.8. The van der Waals surface area contributed by atoms with E-state index in [0.717, 1.165) is 33.5 Å². The van der Waals surface area contributed by atoms with Gasteiger partial charge in [0.2, 0.25) is 5.88 Å². The standard InChI is InChI=1S/C26H20N6O5/c1-16-13-18(14-28-31-25(33)22-5-3-4-6-23(22)29-26(31)34)17(2)30(16)19-7-10-21(11-8-19)37-24-12-9-20(15-27-24)32(35)36/h3-15H,1-2H3,(H,29,34). The van der Waals surface area contributed by atoms with Gasteiger partial charge in [-0.3, -0.25) is 14.9 Å². The number of hydrogen-bond acceptors (Lipinski definition) is 7. The second-order valence-electron chi connectivity index (χ2n) is 8.21. The van der Waals surface area contributed by atoms with E-state index in [1.807, 2.05) is 36.6 Å². The molecule has 0 fully saturated rings. The largest absolute Gasteiger partial charge is 0.439 e. The lowest BCUT2D eigenvalue weighted by molar-refractivity contribution is -0.385. The zero-order chi connectivity index (χ0) is 26.1. The molecule has 5 aromatic rings. The maximum absolute atomic E-state index is 12.7. The molecule has 0 atom stereocenters. The number of ether oxygens (including phenoxy) is 1. The number of nitrogens with one attached hydrogen (secondary N) is 1. The molecule has 3 aromatic heterocycles. The van der Waals surface area contributed by atoms with E-state index in [4.69, 9.17) is 4.74 Å². The van der Waals surface area contributed by atoms with Crippen molar-refractivity contribution < 1.29 is 9.66 Å². The van der Waals surface area contributed by atoms with E-state index in [1.54, 1.807) is 36.4 Å². The Morgan fingerprint density at radius 2 is 1.81 bits per heavy atom. The lowest BCUT2D eigenvalue weighted by Gasteiger charge is -2.11. The van der Waals surface area contributed by atoms with Crippen molar-refractivity contribution >= 4 is 22.8 Å². The summed E-state index contributed by atoms with van der Waals surface area (Å²) in [7, 11) is 0. The smallest absolute Gasteiger partial charge is 0.349 e. The SMILES string of the molecule is Cc1cc(C=Nn2c(=O)[nH]c3ccccc3c2=O)c(C)n1-c1ccc(Oc2ccc([N+](=O)[O-])cn2)cc1. The average molecular weight is 496 g/mol. The first-order valence-electron chi connectivity index (χ1n) is 11.2. The number of aryl methyl sites for hydroxylation is 1. The van der Waals surface area contributed by atoms with Crippen LogP contribution in [-0.2, 0) is 0 Å². The third-order valence-electron chi connectivity index (χ3n) is 5.82. The van der Waals surface area contributed by atoms with Crippen LogP contribution in [0.1, 0.15) is 17.0 Å². The van der Waals surface area contributed by atoms with Crippen molar-refractivity contribution in [2.75, 3.05) is 0 Å². The van der Waals surface area contributed by atoms with Crippen molar-refractivity contribution in [1.29, 1.82) is 0 Å². The zero-order valence-corrected chi connectivity index (χ0v) is 19.8. The summed E-state index contributed by atoms with van der Waals surface area (Å²) in [5, 5.41) is 15.3. The van der Waals surface area contributed by atoms with Crippen LogP contribution in [-0.4, -0.2) is 30.3 Å². The molecule has 0 bridgehead atoms. The number of aromatic nitrogens is 4. The summed E-state index contributed by atoms with van der Waals surface area (Å²) in [5.74, 6) is 0.758. The Balaban J connectivity index is 1.40. The fourth-order valence-corrected chi connectivity index (χ4v) is 4.02. The molecule has 37 heavy (non-hydrogen) atoms. The summed E-state index contributed by atoms with van der Waals surface area (Å²) in [6.07, 6.45) is 2.63. The number of aromatic amines is 1. The van der Waals surface area contributed by atoms with Gasteiger partial charge in [-0.05, 0) is 56.3 Å². The molecule has 0 radical (unpaired) electrons. The molecule has 0 aliphatic heterocycles. The summed E-state index contributed by atoms with van der Waals surface area (Å²) in [6.45, 7) is 3.84. The molecular formula is C26H20N6O5. The molecule has 0 aliphatic carbocycles. The van der Waals surface area contributed by atoms with E-state index >= 15 is 0 Å². The second kappa shape index (κ2) is 9.38. The van der Waals surface area contributed by atoms with E-state index in [2.05, 4.69) is 15.1 Å². The van der Waals surface area contributed by atoms with Crippen LogP contribution in [0.2, 0.25) is 0 Å². The number of H-pyrrole nitrogens is 1. The summed E-state index contributed by atoms with van der Waals surface area (Å²) < 4.78 is 8.50. The molecule has 184 valence electrons. The predicted molar refractivity (Wildman–Crippen MR) is 138 cm³/mol. The number of nitro groups is 1. The van der Waals surface area contributed by atoms with E-state index in [1.165, 1.54) is 18.3 Å². The molecule has 11 heteroatoms. The van der Waals surface area contributed by atoms with Gasteiger partial charge in [0.15, 0.2) is 0 Å². The monoisotopic (exact) mass is 496 g/mol. The molecule has 0 saturated carbocycles. The van der Waals surface area contributed by atoms with Crippen molar-refractivity contribution in [3.63, 3.8) is 0 Å². The molecule has 11 nitrogen and oxygen atoms in total. The molecule has 5 rings (SSSR count). The Morgan fingerprint density at radius 3 is 2.51 bits per heavy atom. The third-order valence-corrected chi connectivity index (χ3v) is 5.82. The third kappa shape index (κ3) is 4.52. The molecule has 0 spiro atoms. The molecule has 0 amide bonds. The van der Waals surface area contributed by atoms with Gasteiger partial charge >= 0.3 is 5.69 Å². The maximum Gasteiger partial charge on any atom is 0.349 e. The van der Waals surface area contributed by atoms with Gasteiger partial charge in [0, 0.05) is 34.8 Å². The molecule has 0 saturated heterocycles. The van der Waals surface area contributed by atoms with E-state index < -0.39 is 16.2 Å². The molecule has 3 heterocycles. The Kier molecular flexibility index (Phi) is 5.94. The second-order valence-corrected chi connectivity index (χ2v) is 8.21. The Labute approximate surface area is 209 Å². The van der Waals surface area contributed by atoms with Gasteiger partial charge in [-0.2, -0.15) is 5.10 Å². The topological polar surface area (TPSA) is 137 Å². The predicted octanol–water partition coefficient (Wildman–Crippen LogP) is 4.08. The quantitative estimate of drug-likeness (QED) is 0.214. The van der Waals surface area contributed by atoms with Gasteiger partial charge in [-0.25, -0.2) is 9.78 Å². The Hall–Kier alpha value is -5.32. The molecule has 0 aliphatic rings. The van der Waals surface area contributed by atoms with E-state index in [0.29, 0.717) is 16.7 Å². The highest BCUT2D eigenvalue weighted by molar-refractivity contribution is 5.82. The van der Waals surface area contributed by atoms with Crippen LogP contribution >= 0.6 is 0 Å². The number of fused-ring (bicyclic) bond motifs is 1. The van der Waals surface area contributed by atoms with Crippen LogP contribution in [0.15, 0.2) is 87.6 Å². The van der Waals surface area contributed by atoms with Crippen LogP contribution in [0, 0.1) is 24.0 Å². The first kappa shape index (κ1) is 23.4.